The first-order chi connectivity index (χ1) is 23.4. The Labute approximate surface area is 282 Å². The zero-order chi connectivity index (χ0) is 35.0. The second-order valence-electron chi connectivity index (χ2n) is 11.9. The molecule has 0 bridgehead atoms. The second kappa shape index (κ2) is 13.4. The molecule has 4 aromatic rings. The van der Waals surface area contributed by atoms with Crippen LogP contribution in [0.1, 0.15) is 76.3 Å². The Morgan fingerprint density at radius 3 is 1.67 bits per heavy atom. The number of carbonyl (C=O) groups is 5. The lowest BCUT2D eigenvalue weighted by atomic mass is 9.69. The minimum Gasteiger partial charge on any atom is -0.426 e. The normalized spacial score (nSPS) is 17.7. The maximum absolute atomic E-state index is 14.2. The van der Waals surface area contributed by atoms with Crippen molar-refractivity contribution in [1.82, 2.24) is 0 Å². The number of carbonyl (C=O) groups excluding carboxylic acids is 5. The van der Waals surface area contributed by atoms with Gasteiger partial charge in [0, 0.05) is 48.9 Å². The Hall–Kier alpha value is -5.20. The van der Waals surface area contributed by atoms with Crippen LogP contribution in [0.15, 0.2) is 84.9 Å². The van der Waals surface area contributed by atoms with E-state index in [2.05, 4.69) is 0 Å². The number of hydrogen-bond donors (Lipinski definition) is 2. The van der Waals surface area contributed by atoms with Crippen LogP contribution in [0.5, 0.6) is 11.5 Å². The molecule has 49 heavy (non-hydrogen) atoms. The maximum atomic E-state index is 14.2. The third kappa shape index (κ3) is 6.25. The Bertz CT molecular complexity index is 2000. The number of ketones is 3. The molecule has 2 aliphatic rings. The predicted octanol–water partition coefficient (Wildman–Crippen LogP) is 2.44. The topological polar surface area (TPSA) is 163 Å². The Balaban J connectivity index is 1.65. The lowest BCUT2D eigenvalue weighted by Crippen LogP contribution is -2.54. The van der Waals surface area contributed by atoms with Crippen LogP contribution in [-0.4, -0.2) is 59.2 Å². The molecule has 13 heteroatoms. The highest BCUT2D eigenvalue weighted by atomic mass is 16.6. The van der Waals surface area contributed by atoms with Gasteiger partial charge in [-0.05, 0) is 17.8 Å². The van der Waals surface area contributed by atoms with Crippen molar-refractivity contribution in [2.75, 3.05) is 0 Å². The fourth-order valence-electron chi connectivity index (χ4n) is 6.44. The number of esters is 2. The molecule has 0 amide bonds. The molecule has 0 saturated carbocycles. The van der Waals surface area contributed by atoms with E-state index in [9.17, 15) is 34.0 Å². The van der Waals surface area contributed by atoms with Gasteiger partial charge in [-0.25, -0.2) is 0 Å². The van der Waals surface area contributed by atoms with E-state index >= 15 is 0 Å². The van der Waals surface area contributed by atoms with E-state index in [1.54, 1.807) is 72.8 Å². The summed E-state index contributed by atoms with van der Waals surface area (Å²) in [5.74, 6) is -4.33. The van der Waals surface area contributed by atoms with Crippen LogP contribution in [-0.2, 0) is 30.1 Å². The third-order valence-corrected chi connectivity index (χ3v) is 8.65. The molecule has 0 fully saturated rings. The monoisotopic (exact) mass is 660 g/mol. The molecule has 0 spiro atoms. The van der Waals surface area contributed by atoms with Crippen molar-refractivity contribution in [2.45, 2.75) is 45.3 Å². The number of ether oxygens (including phenoxy) is 2. The van der Waals surface area contributed by atoms with Gasteiger partial charge in [0.05, 0.1) is 17.2 Å². The van der Waals surface area contributed by atoms with Gasteiger partial charge in [0.1, 0.15) is 17.1 Å². The van der Waals surface area contributed by atoms with Crippen LogP contribution in [0.4, 0.5) is 0 Å². The lowest BCUT2D eigenvalue weighted by molar-refractivity contribution is -0.138. The Kier molecular flexibility index (Phi) is 9.19. The van der Waals surface area contributed by atoms with Crippen molar-refractivity contribution in [2.24, 2.45) is 0 Å². The first kappa shape index (κ1) is 33.7. The first-order valence-corrected chi connectivity index (χ1v) is 15.5. The summed E-state index contributed by atoms with van der Waals surface area (Å²) in [6, 6.07) is 22.6. The van der Waals surface area contributed by atoms with Gasteiger partial charge in [0.2, 0.25) is 0 Å². The number of rotatable bonds is 9. The summed E-state index contributed by atoms with van der Waals surface area (Å²) in [6.07, 6.45) is -2.15. The van der Waals surface area contributed by atoms with Gasteiger partial charge < -0.3 is 28.8 Å². The largest absolute Gasteiger partial charge is 0.491 e. The summed E-state index contributed by atoms with van der Waals surface area (Å²) in [5, 5.41) is 22.5. The van der Waals surface area contributed by atoms with E-state index in [1.807, 2.05) is 0 Å². The number of fused-ring (bicyclic) bond motifs is 3. The van der Waals surface area contributed by atoms with Crippen LogP contribution in [0.25, 0.3) is 0 Å². The molecule has 4 aromatic carbocycles. The van der Waals surface area contributed by atoms with Crippen molar-refractivity contribution in [1.29, 1.82) is 0 Å². The number of benzene rings is 4. The quantitative estimate of drug-likeness (QED) is 0.136. The summed E-state index contributed by atoms with van der Waals surface area (Å²) in [7, 11) is -3.23. The molecule has 2 atom stereocenters. The SMILES string of the molecule is CC(=O)Oc1c2c(c(OC(C)=O)c3c1C(=O)c1ccccc1C3=O)[C@H](OB(O)c1ccccc1)C[C@@](OB(O)c1ccccc1)(C(C)=O)C2. The minimum absolute atomic E-state index is 0.00427. The highest BCUT2D eigenvalue weighted by Gasteiger charge is 2.52. The first-order valence-electron chi connectivity index (χ1n) is 15.5. The Morgan fingerprint density at radius 1 is 0.694 bits per heavy atom. The summed E-state index contributed by atoms with van der Waals surface area (Å²) < 4.78 is 23.8. The summed E-state index contributed by atoms with van der Waals surface area (Å²) in [6.45, 7) is 3.46. The molecule has 2 aliphatic carbocycles. The average molecular weight is 660 g/mol. The van der Waals surface area contributed by atoms with Crippen LogP contribution in [0, 0.1) is 0 Å². The van der Waals surface area contributed by atoms with Crippen LogP contribution < -0.4 is 20.4 Å². The van der Waals surface area contributed by atoms with Crippen LogP contribution in [0.2, 0.25) is 0 Å². The highest BCUT2D eigenvalue weighted by molar-refractivity contribution is 6.60. The number of hydrogen-bond acceptors (Lipinski definition) is 11. The Morgan fingerprint density at radius 2 is 1.16 bits per heavy atom. The molecule has 246 valence electrons. The van der Waals surface area contributed by atoms with Gasteiger partial charge in [-0.3, -0.25) is 24.0 Å². The van der Waals surface area contributed by atoms with E-state index in [1.165, 1.54) is 19.1 Å². The lowest BCUT2D eigenvalue weighted by Gasteiger charge is -2.43. The zero-order valence-corrected chi connectivity index (χ0v) is 26.8. The van der Waals surface area contributed by atoms with E-state index < -0.39 is 61.7 Å². The molecule has 0 heterocycles. The molecule has 0 saturated heterocycles. The van der Waals surface area contributed by atoms with Crippen LogP contribution in [0.3, 0.4) is 0 Å². The van der Waals surface area contributed by atoms with E-state index in [4.69, 9.17) is 18.8 Å². The maximum Gasteiger partial charge on any atom is 0.491 e. The van der Waals surface area contributed by atoms with Gasteiger partial charge in [-0.2, -0.15) is 0 Å². The predicted molar refractivity (Wildman–Crippen MR) is 177 cm³/mol. The molecular formula is C36H30B2O11. The van der Waals surface area contributed by atoms with Crippen molar-refractivity contribution in [3.63, 3.8) is 0 Å². The number of Topliss-reactive ketones (excluding diaryl/α,β-unsaturated/α-hetero) is 1. The van der Waals surface area contributed by atoms with Gasteiger partial charge >= 0.3 is 26.2 Å². The van der Waals surface area contributed by atoms with Gasteiger partial charge in [-0.1, -0.05) is 84.9 Å². The summed E-state index contributed by atoms with van der Waals surface area (Å²) in [4.78, 5) is 67.4. The van der Waals surface area contributed by atoms with Gasteiger partial charge in [0.15, 0.2) is 17.3 Å². The molecular weight excluding hydrogens is 630 g/mol. The van der Waals surface area contributed by atoms with Gasteiger partial charge in [-0.15, -0.1) is 0 Å². The fraction of sp³-hybridized carbons (Fsp3) is 0.194. The molecule has 0 unspecified atom stereocenters. The van der Waals surface area contributed by atoms with Gasteiger partial charge in [0.25, 0.3) is 0 Å². The van der Waals surface area contributed by atoms with E-state index in [0.29, 0.717) is 10.9 Å². The molecule has 0 radical (unpaired) electrons. The summed E-state index contributed by atoms with van der Waals surface area (Å²) in [5.41, 5.74) is -1.88. The average Bonchev–Trinajstić information content (AvgIpc) is 3.08. The molecule has 0 aromatic heterocycles. The van der Waals surface area contributed by atoms with Crippen LogP contribution >= 0.6 is 0 Å². The summed E-state index contributed by atoms with van der Waals surface area (Å²) >= 11 is 0. The minimum atomic E-state index is -1.90. The third-order valence-electron chi connectivity index (χ3n) is 8.65. The van der Waals surface area contributed by atoms with Crippen molar-refractivity contribution in [3.05, 3.63) is 118 Å². The molecule has 6 rings (SSSR count). The standard InChI is InChI=1S/C36H30B2O11/c1-20(39)36(49-38(45)24-14-8-5-9-15-24)18-27-29(28(19-36)48-37(44)23-12-6-4-7-13-23)35(47-22(3)41)31-30(34(27)46-21(2)40)32(42)25-16-10-11-17-26(25)33(31)43/h4-17,28,44-45H,18-19H2,1-3H3/t28-,36-/m1/s1. The van der Waals surface area contributed by atoms with E-state index in [-0.39, 0.29) is 51.3 Å². The van der Waals surface area contributed by atoms with Crippen molar-refractivity contribution < 1.29 is 52.8 Å². The fourth-order valence-corrected chi connectivity index (χ4v) is 6.44. The smallest absolute Gasteiger partial charge is 0.426 e. The molecule has 11 nitrogen and oxygen atoms in total. The molecule has 0 aliphatic heterocycles. The van der Waals surface area contributed by atoms with E-state index in [0.717, 1.165) is 13.8 Å². The highest BCUT2D eigenvalue weighted by Crippen LogP contribution is 2.53. The molecule has 2 N–H and O–H groups in total. The zero-order valence-electron chi connectivity index (χ0n) is 26.8. The van der Waals surface area contributed by atoms with Crippen molar-refractivity contribution in [3.8, 4) is 11.5 Å². The van der Waals surface area contributed by atoms with Crippen molar-refractivity contribution >= 4 is 54.5 Å². The second-order valence-corrected chi connectivity index (χ2v) is 11.9.